The fourth-order valence-electron chi connectivity index (χ4n) is 4.83. The number of alkyl halides is 3. The lowest BCUT2D eigenvalue weighted by molar-refractivity contribution is -0.170. The Bertz CT molecular complexity index is 1450. The highest BCUT2D eigenvalue weighted by Gasteiger charge is 2.47. The first-order chi connectivity index (χ1) is 20.2. The second kappa shape index (κ2) is 13.6. The van der Waals surface area contributed by atoms with E-state index in [-0.39, 0.29) is 65.0 Å². The molecule has 9 nitrogen and oxygen atoms in total. The average Bonchev–Trinajstić information content (AvgIpc) is 3.33. The number of ether oxygens (including phenoxy) is 5. The number of cyclic esters (lactones) is 1. The smallest absolute Gasteiger partial charge is 0.471 e. The molecule has 1 aliphatic heterocycles. The molecule has 43 heavy (non-hydrogen) atoms. The summed E-state index contributed by atoms with van der Waals surface area (Å²) >= 11 is 6.29. The molecule has 1 heterocycles. The third-order valence-corrected chi connectivity index (χ3v) is 7.28. The fraction of sp³-hybridized carbons (Fsp3) is 0.433. The highest BCUT2D eigenvalue weighted by molar-refractivity contribution is 6.34. The number of nitrogens with zero attached hydrogens (tertiary/aromatic N) is 1. The van der Waals surface area contributed by atoms with Crippen LogP contribution in [0.15, 0.2) is 23.8 Å². The number of hydrogen-bond acceptors (Lipinski definition) is 8. The van der Waals surface area contributed by atoms with Crippen molar-refractivity contribution in [3.8, 4) is 23.0 Å². The summed E-state index contributed by atoms with van der Waals surface area (Å²) in [5.41, 5.74) is 1.49. The minimum absolute atomic E-state index is 0.00332. The van der Waals surface area contributed by atoms with Gasteiger partial charge in [-0.15, -0.1) is 0 Å². The molecule has 0 unspecified atom stereocenters. The SMILES string of the molecule is COc1ccc(OC(=O)CC/C(C)=C/Cc2c(OC)c(C)c3c(c2N(C(=O)C(F)(F)F)C(C)C)C(=O)OC3)c(Cl)c1OC. The van der Waals surface area contributed by atoms with E-state index in [2.05, 4.69) is 0 Å². The van der Waals surface area contributed by atoms with Crippen molar-refractivity contribution in [1.29, 1.82) is 0 Å². The third-order valence-electron chi connectivity index (χ3n) is 6.92. The summed E-state index contributed by atoms with van der Waals surface area (Å²) < 4.78 is 67.7. The van der Waals surface area contributed by atoms with Gasteiger partial charge in [0.15, 0.2) is 17.2 Å². The Balaban J connectivity index is 1.93. The Kier molecular flexibility index (Phi) is 10.6. The molecule has 2 aromatic rings. The molecule has 0 N–H and O–H groups in total. The van der Waals surface area contributed by atoms with Gasteiger partial charge in [-0.2, -0.15) is 13.2 Å². The van der Waals surface area contributed by atoms with E-state index in [9.17, 15) is 27.6 Å². The van der Waals surface area contributed by atoms with Gasteiger partial charge < -0.3 is 28.6 Å². The molecule has 0 fully saturated rings. The van der Waals surface area contributed by atoms with Crippen LogP contribution in [0.4, 0.5) is 18.9 Å². The largest absolute Gasteiger partial charge is 0.496 e. The summed E-state index contributed by atoms with van der Waals surface area (Å²) in [6, 6.07) is 2.06. The van der Waals surface area contributed by atoms with E-state index < -0.39 is 30.1 Å². The van der Waals surface area contributed by atoms with Crippen LogP contribution in [0.1, 0.15) is 60.7 Å². The third kappa shape index (κ3) is 7.01. The van der Waals surface area contributed by atoms with Gasteiger partial charge in [0, 0.05) is 23.6 Å². The van der Waals surface area contributed by atoms with E-state index in [1.165, 1.54) is 41.2 Å². The van der Waals surface area contributed by atoms with Crippen LogP contribution in [0.2, 0.25) is 5.02 Å². The number of carbonyl (C=O) groups excluding carboxylic acids is 3. The molecule has 13 heteroatoms. The number of esters is 2. The van der Waals surface area contributed by atoms with Crippen LogP contribution in [0.3, 0.4) is 0 Å². The van der Waals surface area contributed by atoms with Crippen LogP contribution in [-0.4, -0.2) is 51.4 Å². The monoisotopic (exact) mass is 627 g/mol. The van der Waals surface area contributed by atoms with Gasteiger partial charge in [0.1, 0.15) is 17.4 Å². The predicted molar refractivity (Wildman–Crippen MR) is 152 cm³/mol. The van der Waals surface area contributed by atoms with Crippen LogP contribution in [0.25, 0.3) is 0 Å². The van der Waals surface area contributed by atoms with E-state index in [1.54, 1.807) is 26.0 Å². The number of anilines is 1. The van der Waals surface area contributed by atoms with Gasteiger partial charge in [0.2, 0.25) is 0 Å². The molecule has 0 atom stereocenters. The van der Waals surface area contributed by atoms with Crippen LogP contribution in [0, 0.1) is 6.92 Å². The maximum atomic E-state index is 13.7. The molecule has 234 valence electrons. The number of halogens is 4. The number of hydrogen-bond donors (Lipinski definition) is 0. The Hall–Kier alpha value is -3.93. The van der Waals surface area contributed by atoms with Gasteiger partial charge in [0.05, 0.1) is 32.6 Å². The van der Waals surface area contributed by atoms with Crippen molar-refractivity contribution >= 4 is 35.1 Å². The van der Waals surface area contributed by atoms with E-state index in [0.717, 1.165) is 0 Å². The molecule has 0 saturated carbocycles. The lowest BCUT2D eigenvalue weighted by atomic mass is 9.92. The number of allylic oxidation sites excluding steroid dienone is 2. The minimum Gasteiger partial charge on any atom is -0.496 e. The van der Waals surface area contributed by atoms with E-state index in [4.69, 9.17) is 35.3 Å². The van der Waals surface area contributed by atoms with Gasteiger partial charge in [-0.05, 0) is 58.2 Å². The lowest BCUT2D eigenvalue weighted by Crippen LogP contribution is -2.46. The van der Waals surface area contributed by atoms with Crippen molar-refractivity contribution in [1.82, 2.24) is 0 Å². The minimum atomic E-state index is -5.20. The van der Waals surface area contributed by atoms with Crippen molar-refractivity contribution in [3.05, 3.63) is 51.1 Å². The first-order valence-corrected chi connectivity index (χ1v) is 13.6. The standard InChI is InChI=1S/C30H33ClF3NO8/c1-15(2)35(29(38)30(32,33)34)25-18(26(40-6)17(4)19-14-42-28(37)23(19)25)10-8-16(3)9-13-22(36)43-20-11-12-21(39-5)27(41-7)24(20)31/h8,11-12,15H,9-10,13-14H2,1-7H3/b16-8+. The molecule has 0 saturated heterocycles. The zero-order valence-electron chi connectivity index (χ0n) is 24.9. The first kappa shape index (κ1) is 33.6. The average molecular weight is 628 g/mol. The summed E-state index contributed by atoms with van der Waals surface area (Å²) in [7, 11) is 4.20. The number of amides is 1. The Morgan fingerprint density at radius 2 is 1.70 bits per heavy atom. The van der Waals surface area contributed by atoms with E-state index >= 15 is 0 Å². The molecule has 1 amide bonds. The maximum absolute atomic E-state index is 13.7. The normalized spacial score (nSPS) is 13.0. The van der Waals surface area contributed by atoms with Crippen molar-refractivity contribution < 1.29 is 51.2 Å². The topological polar surface area (TPSA) is 101 Å². The van der Waals surface area contributed by atoms with Crippen LogP contribution in [0.5, 0.6) is 23.0 Å². The maximum Gasteiger partial charge on any atom is 0.471 e. The van der Waals surface area contributed by atoms with E-state index in [0.29, 0.717) is 27.3 Å². The van der Waals surface area contributed by atoms with Crippen LogP contribution < -0.4 is 23.8 Å². The quantitative estimate of drug-likeness (QED) is 0.158. The molecular weight excluding hydrogens is 595 g/mol. The van der Waals surface area contributed by atoms with Gasteiger partial charge in [-0.25, -0.2) is 4.79 Å². The molecule has 0 bridgehead atoms. The molecular formula is C30H33ClF3NO8. The molecule has 3 rings (SSSR count). The Labute approximate surface area is 252 Å². The molecule has 2 aromatic carbocycles. The zero-order chi connectivity index (χ0) is 32.2. The fourth-order valence-corrected chi connectivity index (χ4v) is 5.10. The summed E-state index contributed by atoms with van der Waals surface area (Å²) in [6.45, 7) is 6.09. The van der Waals surface area contributed by atoms with E-state index in [1.807, 2.05) is 0 Å². The van der Waals surface area contributed by atoms with Crippen molar-refractivity contribution in [2.45, 2.75) is 65.8 Å². The number of methoxy groups -OCH3 is 3. The molecule has 0 spiro atoms. The number of rotatable bonds is 11. The molecule has 0 aliphatic carbocycles. The first-order valence-electron chi connectivity index (χ1n) is 13.2. The number of fused-ring (bicyclic) bond motifs is 1. The highest BCUT2D eigenvalue weighted by Crippen LogP contribution is 2.45. The highest BCUT2D eigenvalue weighted by atomic mass is 35.5. The molecule has 0 radical (unpaired) electrons. The van der Waals surface area contributed by atoms with Crippen LogP contribution >= 0.6 is 11.6 Å². The molecule has 1 aliphatic rings. The summed E-state index contributed by atoms with van der Waals surface area (Å²) in [5.74, 6) is -2.63. The van der Waals surface area contributed by atoms with Crippen molar-refractivity contribution in [3.63, 3.8) is 0 Å². The number of carbonyl (C=O) groups is 3. The summed E-state index contributed by atoms with van der Waals surface area (Å²) in [4.78, 5) is 38.6. The summed E-state index contributed by atoms with van der Waals surface area (Å²) in [6.07, 6.45) is -3.31. The molecule has 0 aromatic heterocycles. The zero-order valence-corrected chi connectivity index (χ0v) is 25.6. The van der Waals surface area contributed by atoms with Crippen molar-refractivity contribution in [2.75, 3.05) is 26.2 Å². The summed E-state index contributed by atoms with van der Waals surface area (Å²) in [5, 5.41) is 0.0655. The number of benzene rings is 2. The van der Waals surface area contributed by atoms with Gasteiger partial charge in [-0.3, -0.25) is 9.59 Å². The van der Waals surface area contributed by atoms with Gasteiger partial charge in [0.25, 0.3) is 0 Å². The Morgan fingerprint density at radius 3 is 2.26 bits per heavy atom. The van der Waals surface area contributed by atoms with Crippen LogP contribution in [-0.2, 0) is 27.4 Å². The Morgan fingerprint density at radius 1 is 1.07 bits per heavy atom. The van der Waals surface area contributed by atoms with Gasteiger partial charge in [-0.1, -0.05) is 23.3 Å². The predicted octanol–water partition coefficient (Wildman–Crippen LogP) is 6.52. The van der Waals surface area contributed by atoms with Crippen molar-refractivity contribution in [2.24, 2.45) is 0 Å². The second-order valence-corrected chi connectivity index (χ2v) is 10.4. The lowest BCUT2D eigenvalue weighted by Gasteiger charge is -2.32. The second-order valence-electron chi connectivity index (χ2n) is 10.0. The van der Waals surface area contributed by atoms with Gasteiger partial charge >= 0.3 is 24.0 Å².